The fourth-order valence-corrected chi connectivity index (χ4v) is 4.04. The molecule has 1 amide bonds. The summed E-state index contributed by atoms with van der Waals surface area (Å²) in [6.07, 6.45) is 0.887. The molecular formula is C23H17Cl2N3O. The number of hydrogen-bond donors (Lipinski definition) is 2. The molecule has 1 aromatic heterocycles. The van der Waals surface area contributed by atoms with Crippen molar-refractivity contribution in [2.45, 2.75) is 12.3 Å². The van der Waals surface area contributed by atoms with Gasteiger partial charge in [0, 0.05) is 22.6 Å². The van der Waals surface area contributed by atoms with Crippen LogP contribution in [0, 0.1) is 5.92 Å². The number of rotatable bonds is 4. The predicted octanol–water partition coefficient (Wildman–Crippen LogP) is 6.28. The van der Waals surface area contributed by atoms with Crippen molar-refractivity contribution in [3.8, 4) is 11.3 Å². The van der Waals surface area contributed by atoms with E-state index in [-0.39, 0.29) is 11.8 Å². The summed E-state index contributed by atoms with van der Waals surface area (Å²) in [7, 11) is 0. The molecule has 1 fully saturated rings. The van der Waals surface area contributed by atoms with Gasteiger partial charge in [0.15, 0.2) is 0 Å². The maximum absolute atomic E-state index is 12.7. The highest BCUT2D eigenvalue weighted by Gasteiger charge is 2.43. The van der Waals surface area contributed by atoms with E-state index in [4.69, 9.17) is 23.2 Å². The van der Waals surface area contributed by atoms with E-state index in [9.17, 15) is 4.79 Å². The van der Waals surface area contributed by atoms with Crippen molar-refractivity contribution in [3.63, 3.8) is 0 Å². The first-order chi connectivity index (χ1) is 14.1. The van der Waals surface area contributed by atoms with Gasteiger partial charge in [-0.05, 0) is 48.2 Å². The highest BCUT2D eigenvalue weighted by atomic mass is 35.5. The second-order valence-corrected chi connectivity index (χ2v) is 8.12. The normalized spacial score (nSPS) is 18.0. The van der Waals surface area contributed by atoms with Gasteiger partial charge in [-0.1, -0.05) is 59.6 Å². The monoisotopic (exact) mass is 421 g/mol. The summed E-state index contributed by atoms with van der Waals surface area (Å²) in [5, 5.41) is 12.4. The molecular weight excluding hydrogens is 405 g/mol. The Kier molecular flexibility index (Phi) is 4.53. The van der Waals surface area contributed by atoms with Crippen molar-refractivity contribution in [2.75, 3.05) is 5.32 Å². The van der Waals surface area contributed by atoms with Crippen molar-refractivity contribution < 1.29 is 4.79 Å². The van der Waals surface area contributed by atoms with Gasteiger partial charge in [0.25, 0.3) is 0 Å². The average molecular weight is 422 g/mol. The van der Waals surface area contributed by atoms with Gasteiger partial charge < -0.3 is 5.32 Å². The Balaban J connectivity index is 1.39. The number of nitrogens with one attached hydrogen (secondary N) is 2. The van der Waals surface area contributed by atoms with Gasteiger partial charge in [-0.2, -0.15) is 5.10 Å². The lowest BCUT2D eigenvalue weighted by Crippen LogP contribution is -2.14. The van der Waals surface area contributed by atoms with Crippen molar-refractivity contribution in [3.05, 3.63) is 82.3 Å². The molecule has 4 aromatic rings. The molecule has 1 aliphatic carbocycles. The van der Waals surface area contributed by atoms with E-state index in [0.717, 1.165) is 34.3 Å². The quantitative estimate of drug-likeness (QED) is 0.407. The largest absolute Gasteiger partial charge is 0.326 e. The molecule has 144 valence electrons. The fraction of sp³-hybridized carbons (Fsp3) is 0.130. The molecule has 0 bridgehead atoms. The number of H-pyrrole nitrogens is 1. The molecule has 0 saturated heterocycles. The van der Waals surface area contributed by atoms with E-state index in [1.807, 2.05) is 42.5 Å². The van der Waals surface area contributed by atoms with Crippen LogP contribution in [-0.4, -0.2) is 16.1 Å². The van der Waals surface area contributed by atoms with Crippen LogP contribution in [0.1, 0.15) is 17.9 Å². The highest BCUT2D eigenvalue weighted by molar-refractivity contribution is 6.42. The molecule has 3 aromatic carbocycles. The van der Waals surface area contributed by atoms with Gasteiger partial charge in [0.05, 0.1) is 15.6 Å². The lowest BCUT2D eigenvalue weighted by atomic mass is 10.1. The average Bonchev–Trinajstić information content (AvgIpc) is 3.44. The number of aromatic nitrogens is 2. The molecule has 1 heterocycles. The summed E-state index contributed by atoms with van der Waals surface area (Å²) in [4.78, 5) is 12.7. The molecule has 0 aliphatic heterocycles. The van der Waals surface area contributed by atoms with Gasteiger partial charge in [-0.25, -0.2) is 0 Å². The summed E-state index contributed by atoms with van der Waals surface area (Å²) in [6.45, 7) is 0. The van der Waals surface area contributed by atoms with Crippen molar-refractivity contribution in [2.24, 2.45) is 5.92 Å². The second-order valence-electron chi connectivity index (χ2n) is 7.31. The minimum absolute atomic E-state index is 0.0204. The number of aromatic amines is 1. The first kappa shape index (κ1) is 18.2. The maximum atomic E-state index is 12.7. The van der Waals surface area contributed by atoms with Gasteiger partial charge >= 0.3 is 0 Å². The van der Waals surface area contributed by atoms with Crippen LogP contribution in [0.5, 0.6) is 0 Å². The molecule has 2 unspecified atom stereocenters. The summed E-state index contributed by atoms with van der Waals surface area (Å²) in [6, 6.07) is 21.3. The molecule has 0 radical (unpaired) electrons. The zero-order chi connectivity index (χ0) is 20.0. The SMILES string of the molecule is O=C(Nc1ccc2[nH]nc(-c3ccc(Cl)c(Cl)c3)c2c1)C1CC1c1ccccc1. The van der Waals surface area contributed by atoms with Crippen molar-refractivity contribution >= 4 is 45.7 Å². The molecule has 2 N–H and O–H groups in total. The minimum Gasteiger partial charge on any atom is -0.326 e. The van der Waals surface area contributed by atoms with Gasteiger partial charge in [-0.15, -0.1) is 0 Å². The number of fused-ring (bicyclic) bond motifs is 1. The van der Waals surface area contributed by atoms with E-state index in [2.05, 4.69) is 27.6 Å². The van der Waals surface area contributed by atoms with Crippen LogP contribution in [0.25, 0.3) is 22.2 Å². The predicted molar refractivity (Wildman–Crippen MR) is 117 cm³/mol. The number of hydrogen-bond acceptors (Lipinski definition) is 2. The van der Waals surface area contributed by atoms with Gasteiger partial charge in [0.2, 0.25) is 5.91 Å². The molecule has 1 saturated carbocycles. The Morgan fingerprint density at radius 3 is 2.62 bits per heavy atom. The lowest BCUT2D eigenvalue weighted by molar-refractivity contribution is -0.117. The lowest BCUT2D eigenvalue weighted by Gasteiger charge is -2.06. The van der Waals surface area contributed by atoms with Crippen LogP contribution in [-0.2, 0) is 4.79 Å². The Bertz CT molecular complexity index is 1220. The maximum Gasteiger partial charge on any atom is 0.228 e. The Hall–Kier alpha value is -2.82. The third-order valence-corrected chi connectivity index (χ3v) is 6.12. The molecule has 0 spiro atoms. The first-order valence-corrected chi connectivity index (χ1v) is 10.1. The second kappa shape index (κ2) is 7.21. The van der Waals surface area contributed by atoms with E-state index in [0.29, 0.717) is 16.0 Å². The summed E-state index contributed by atoms with van der Waals surface area (Å²) in [5.74, 6) is 0.380. The zero-order valence-electron chi connectivity index (χ0n) is 15.3. The van der Waals surface area contributed by atoms with E-state index >= 15 is 0 Å². The van der Waals surface area contributed by atoms with E-state index in [1.165, 1.54) is 5.56 Å². The van der Waals surface area contributed by atoms with Crippen molar-refractivity contribution in [1.82, 2.24) is 10.2 Å². The number of halogens is 2. The Morgan fingerprint density at radius 1 is 1.00 bits per heavy atom. The first-order valence-electron chi connectivity index (χ1n) is 9.39. The summed E-state index contributed by atoms with van der Waals surface area (Å²) < 4.78 is 0. The zero-order valence-corrected chi connectivity index (χ0v) is 16.8. The third kappa shape index (κ3) is 3.50. The number of carbonyl (C=O) groups excluding carboxylic acids is 1. The summed E-state index contributed by atoms with van der Waals surface area (Å²) >= 11 is 12.2. The van der Waals surface area contributed by atoms with Crippen LogP contribution in [0.4, 0.5) is 5.69 Å². The summed E-state index contributed by atoms with van der Waals surface area (Å²) in [5.41, 5.74) is 4.49. The molecule has 2 atom stereocenters. The number of nitrogens with zero attached hydrogens (tertiary/aromatic N) is 1. The molecule has 29 heavy (non-hydrogen) atoms. The number of carbonyl (C=O) groups is 1. The Morgan fingerprint density at radius 2 is 1.83 bits per heavy atom. The molecule has 6 heteroatoms. The van der Waals surface area contributed by atoms with Gasteiger partial charge in [-0.3, -0.25) is 9.89 Å². The van der Waals surface area contributed by atoms with E-state index < -0.39 is 0 Å². The van der Waals surface area contributed by atoms with Gasteiger partial charge in [0.1, 0.15) is 5.69 Å². The number of anilines is 1. The highest BCUT2D eigenvalue weighted by Crippen LogP contribution is 2.48. The topological polar surface area (TPSA) is 57.8 Å². The van der Waals surface area contributed by atoms with Crippen LogP contribution < -0.4 is 5.32 Å². The smallest absolute Gasteiger partial charge is 0.228 e. The van der Waals surface area contributed by atoms with Crippen LogP contribution in [0.2, 0.25) is 10.0 Å². The van der Waals surface area contributed by atoms with Crippen LogP contribution in [0.3, 0.4) is 0 Å². The Labute approximate surface area is 177 Å². The molecule has 1 aliphatic rings. The molecule has 5 rings (SSSR count). The number of benzene rings is 3. The minimum atomic E-state index is 0.0204. The fourth-order valence-electron chi connectivity index (χ4n) is 3.74. The van der Waals surface area contributed by atoms with E-state index in [1.54, 1.807) is 12.1 Å². The number of amides is 1. The van der Waals surface area contributed by atoms with Crippen LogP contribution >= 0.6 is 23.2 Å². The van der Waals surface area contributed by atoms with Crippen LogP contribution in [0.15, 0.2) is 66.7 Å². The standard InChI is InChI=1S/C23H17Cl2N3O/c24-19-8-6-14(10-20(19)25)22-18-11-15(7-9-21(18)27-28-22)26-23(29)17-12-16(17)13-4-2-1-3-5-13/h1-11,16-17H,12H2,(H,26,29)(H,27,28). The third-order valence-electron chi connectivity index (χ3n) is 5.38. The van der Waals surface area contributed by atoms with Crippen molar-refractivity contribution in [1.29, 1.82) is 0 Å². The molecule has 4 nitrogen and oxygen atoms in total.